The number of nitrogens with one attached hydrogen (secondary N) is 2. The summed E-state index contributed by atoms with van der Waals surface area (Å²) in [6.07, 6.45) is 8.35. The molecule has 1 unspecified atom stereocenters. The van der Waals surface area contributed by atoms with E-state index in [9.17, 15) is 9.59 Å². The lowest BCUT2D eigenvalue weighted by Gasteiger charge is -2.23. The van der Waals surface area contributed by atoms with E-state index in [2.05, 4.69) is 37.5 Å². The van der Waals surface area contributed by atoms with Gasteiger partial charge in [-0.05, 0) is 58.0 Å². The molecular weight excluding hydrogens is 506 g/mol. The normalized spacial score (nSPS) is 14.4. The molecule has 4 aromatic heterocycles. The predicted octanol–water partition coefficient (Wildman–Crippen LogP) is 4.45. The Bertz CT molecular complexity index is 1460. The molecule has 1 aliphatic heterocycles. The molecule has 38 heavy (non-hydrogen) atoms. The number of pyridine rings is 2. The molecule has 198 valence electrons. The number of hydrogen-bond acceptors (Lipinski definition) is 9. The summed E-state index contributed by atoms with van der Waals surface area (Å²) in [4.78, 5) is 38.0. The van der Waals surface area contributed by atoms with Crippen LogP contribution in [0.2, 0.25) is 0 Å². The molecule has 5 rings (SSSR count). The molecule has 0 bridgehead atoms. The van der Waals surface area contributed by atoms with Crippen molar-refractivity contribution in [3.8, 4) is 16.3 Å². The summed E-state index contributed by atoms with van der Waals surface area (Å²) in [6.45, 7) is 6.20. The van der Waals surface area contributed by atoms with Crippen LogP contribution in [0.5, 0.6) is 5.88 Å². The van der Waals surface area contributed by atoms with E-state index in [1.54, 1.807) is 30.8 Å². The Morgan fingerprint density at radius 1 is 1.18 bits per heavy atom. The summed E-state index contributed by atoms with van der Waals surface area (Å²) in [7, 11) is 1.57. The number of anilines is 2. The first-order chi connectivity index (χ1) is 18.4. The van der Waals surface area contributed by atoms with Crippen molar-refractivity contribution in [3.63, 3.8) is 0 Å². The second-order valence-electron chi connectivity index (χ2n) is 9.09. The minimum Gasteiger partial charge on any atom is -0.481 e. The molecular formula is C26H29N7O4S. The highest BCUT2D eigenvalue weighted by Crippen LogP contribution is 2.35. The Hall–Kier alpha value is -4.03. The fourth-order valence-electron chi connectivity index (χ4n) is 4.36. The number of likely N-dealkylation sites (tertiary alicyclic amines) is 1. The highest BCUT2D eigenvalue weighted by molar-refractivity contribution is 7.21. The average Bonchev–Trinajstić information content (AvgIpc) is 3.67. The Labute approximate surface area is 223 Å². The molecule has 12 heteroatoms. The number of amides is 2. The van der Waals surface area contributed by atoms with E-state index in [1.807, 2.05) is 18.3 Å². The van der Waals surface area contributed by atoms with Crippen LogP contribution in [0.15, 0.2) is 43.0 Å². The van der Waals surface area contributed by atoms with Crippen LogP contribution < -0.4 is 15.4 Å². The van der Waals surface area contributed by atoms with Crippen molar-refractivity contribution in [1.29, 1.82) is 0 Å². The summed E-state index contributed by atoms with van der Waals surface area (Å²) in [5, 5.41) is 9.93. The van der Waals surface area contributed by atoms with Crippen molar-refractivity contribution in [2.45, 2.75) is 32.7 Å². The van der Waals surface area contributed by atoms with Crippen LogP contribution >= 0.6 is 11.3 Å². The molecule has 1 saturated heterocycles. The molecule has 2 N–H and O–H groups in total. The Balaban J connectivity index is 1.27. The second-order valence-corrected chi connectivity index (χ2v) is 10.1. The largest absolute Gasteiger partial charge is 0.481 e. The highest BCUT2D eigenvalue weighted by Gasteiger charge is 2.21. The van der Waals surface area contributed by atoms with Crippen molar-refractivity contribution in [2.75, 3.05) is 37.4 Å². The number of aryl methyl sites for hydroxylation is 1. The van der Waals surface area contributed by atoms with E-state index in [0.717, 1.165) is 23.5 Å². The first kappa shape index (κ1) is 25.6. The van der Waals surface area contributed by atoms with Crippen LogP contribution in [0.25, 0.3) is 15.3 Å². The lowest BCUT2D eigenvalue weighted by atomic mass is 10.2. The number of carbonyl (C=O) groups is 2. The van der Waals surface area contributed by atoms with Crippen molar-refractivity contribution >= 4 is 39.5 Å². The van der Waals surface area contributed by atoms with Gasteiger partial charge in [0.2, 0.25) is 5.88 Å². The van der Waals surface area contributed by atoms with E-state index in [0.29, 0.717) is 39.9 Å². The molecule has 5 heterocycles. The summed E-state index contributed by atoms with van der Waals surface area (Å²) >= 11 is 1.41. The maximum absolute atomic E-state index is 13.2. The Kier molecular flexibility index (Phi) is 7.52. The quantitative estimate of drug-likeness (QED) is 0.339. The Morgan fingerprint density at radius 2 is 2.00 bits per heavy atom. The SMILES string of the molecule is COc1ncccc1-c1cn2ncc(C(=O)Nc3cc(NC(=O)OCC(C)N4CCCC4)cnc3C)c2s1. The monoisotopic (exact) mass is 535 g/mol. The predicted molar refractivity (Wildman–Crippen MR) is 145 cm³/mol. The van der Waals surface area contributed by atoms with Crippen LogP contribution in [-0.4, -0.2) is 69.3 Å². The van der Waals surface area contributed by atoms with Gasteiger partial charge in [0.15, 0.2) is 0 Å². The maximum Gasteiger partial charge on any atom is 0.411 e. The molecule has 11 nitrogen and oxygen atoms in total. The minimum atomic E-state index is -0.561. The van der Waals surface area contributed by atoms with Crippen LogP contribution in [0, 0.1) is 6.92 Å². The van der Waals surface area contributed by atoms with Gasteiger partial charge in [-0.3, -0.25) is 20.0 Å². The topological polar surface area (TPSA) is 123 Å². The molecule has 0 aliphatic carbocycles. The number of rotatable bonds is 8. The van der Waals surface area contributed by atoms with Crippen LogP contribution in [-0.2, 0) is 4.74 Å². The van der Waals surface area contributed by atoms with Crippen molar-refractivity contribution in [3.05, 3.63) is 54.2 Å². The van der Waals surface area contributed by atoms with E-state index < -0.39 is 6.09 Å². The third-order valence-electron chi connectivity index (χ3n) is 6.47. The highest BCUT2D eigenvalue weighted by atomic mass is 32.1. The maximum atomic E-state index is 13.2. The number of aromatic nitrogens is 4. The first-order valence-electron chi connectivity index (χ1n) is 12.4. The van der Waals surface area contributed by atoms with Crippen molar-refractivity contribution in [2.24, 2.45) is 0 Å². The molecule has 1 aliphatic rings. The molecule has 1 atom stereocenters. The van der Waals surface area contributed by atoms with Gasteiger partial charge in [-0.25, -0.2) is 14.3 Å². The van der Waals surface area contributed by atoms with Gasteiger partial charge < -0.3 is 14.8 Å². The van der Waals surface area contributed by atoms with Gasteiger partial charge in [0.05, 0.1) is 52.6 Å². The smallest absolute Gasteiger partial charge is 0.411 e. The zero-order chi connectivity index (χ0) is 26.6. The molecule has 2 amide bonds. The third kappa shape index (κ3) is 5.46. The van der Waals surface area contributed by atoms with Gasteiger partial charge in [-0.1, -0.05) is 0 Å². The van der Waals surface area contributed by atoms with E-state index >= 15 is 0 Å². The first-order valence-corrected chi connectivity index (χ1v) is 13.2. The van der Waals surface area contributed by atoms with Crippen LogP contribution in [0.4, 0.5) is 16.2 Å². The Morgan fingerprint density at radius 3 is 2.79 bits per heavy atom. The molecule has 4 aromatic rings. The number of hydrogen-bond donors (Lipinski definition) is 2. The third-order valence-corrected chi connectivity index (χ3v) is 7.62. The van der Waals surface area contributed by atoms with Crippen molar-refractivity contribution in [1.82, 2.24) is 24.5 Å². The van der Waals surface area contributed by atoms with Gasteiger partial charge in [0, 0.05) is 18.4 Å². The minimum absolute atomic E-state index is 0.166. The summed E-state index contributed by atoms with van der Waals surface area (Å²) in [5.41, 5.74) is 2.74. The molecule has 0 spiro atoms. The summed E-state index contributed by atoms with van der Waals surface area (Å²) in [5.74, 6) is 0.161. The number of methoxy groups -OCH3 is 1. The van der Waals surface area contributed by atoms with Gasteiger partial charge >= 0.3 is 6.09 Å². The van der Waals surface area contributed by atoms with Gasteiger partial charge in [0.1, 0.15) is 11.4 Å². The lowest BCUT2D eigenvalue weighted by molar-refractivity contribution is 0.102. The number of ether oxygens (including phenoxy) is 2. The standard InChI is InChI=1S/C26H29N7O4S/c1-16(32-9-4-5-10-32)15-37-26(35)30-18-11-21(17(2)28-12-18)31-23(34)20-13-29-33-14-22(38-25(20)33)19-7-6-8-27-24(19)36-3/h6-8,11-14,16H,4-5,9-10,15H2,1-3H3,(H,30,35)(H,31,34). The lowest BCUT2D eigenvalue weighted by Crippen LogP contribution is -2.35. The zero-order valence-electron chi connectivity index (χ0n) is 21.4. The fourth-order valence-corrected chi connectivity index (χ4v) is 5.44. The zero-order valence-corrected chi connectivity index (χ0v) is 22.2. The number of thiazole rings is 1. The number of nitrogens with zero attached hydrogens (tertiary/aromatic N) is 5. The summed E-state index contributed by atoms with van der Waals surface area (Å²) < 4.78 is 12.4. The molecule has 0 saturated carbocycles. The van der Waals surface area contributed by atoms with Gasteiger partial charge in [-0.2, -0.15) is 5.10 Å². The van der Waals surface area contributed by atoms with Gasteiger partial charge in [0.25, 0.3) is 5.91 Å². The van der Waals surface area contributed by atoms with Crippen LogP contribution in [0.1, 0.15) is 35.8 Å². The van der Waals surface area contributed by atoms with Crippen molar-refractivity contribution < 1.29 is 19.1 Å². The van der Waals surface area contributed by atoms with E-state index in [4.69, 9.17) is 9.47 Å². The number of carbonyl (C=O) groups excluding carboxylic acids is 2. The molecule has 1 fully saturated rings. The van der Waals surface area contributed by atoms with E-state index in [-0.39, 0.29) is 11.9 Å². The number of fused-ring (bicyclic) bond motifs is 1. The summed E-state index contributed by atoms with van der Waals surface area (Å²) in [6, 6.07) is 5.56. The van der Waals surface area contributed by atoms with Crippen LogP contribution in [0.3, 0.4) is 0 Å². The molecule has 0 aromatic carbocycles. The average molecular weight is 536 g/mol. The second kappa shape index (κ2) is 11.2. The molecule has 0 radical (unpaired) electrons. The van der Waals surface area contributed by atoms with E-state index in [1.165, 1.54) is 36.6 Å². The van der Waals surface area contributed by atoms with Gasteiger partial charge in [-0.15, -0.1) is 11.3 Å². The fraction of sp³-hybridized carbons (Fsp3) is 0.346.